The molecule has 2 heterocycles. The number of aromatic hydroxyl groups is 1. The molecule has 4 nitrogen and oxygen atoms in total. The van der Waals surface area contributed by atoms with Crippen molar-refractivity contribution < 1.29 is 5.11 Å². The van der Waals surface area contributed by atoms with Gasteiger partial charge >= 0.3 is 0 Å². The van der Waals surface area contributed by atoms with Gasteiger partial charge in [0.2, 0.25) is 0 Å². The standard InChI is InChI=1S/C7H7N3O/c1-10-7-5(3-9-10)2-6(11)4-8-7/h2-4,11H,1H3. The van der Waals surface area contributed by atoms with E-state index in [0.29, 0.717) is 0 Å². The minimum atomic E-state index is 0.172. The molecular weight excluding hydrogens is 142 g/mol. The molecule has 0 saturated heterocycles. The maximum atomic E-state index is 9.04. The maximum absolute atomic E-state index is 9.04. The van der Waals surface area contributed by atoms with Crippen LogP contribution < -0.4 is 0 Å². The number of aromatic nitrogens is 3. The highest BCUT2D eigenvalue weighted by molar-refractivity contribution is 5.75. The molecule has 0 aliphatic heterocycles. The van der Waals surface area contributed by atoms with Gasteiger partial charge in [0, 0.05) is 12.4 Å². The van der Waals surface area contributed by atoms with Crippen LogP contribution in [0.1, 0.15) is 0 Å². The van der Waals surface area contributed by atoms with Gasteiger partial charge in [-0.25, -0.2) is 4.98 Å². The smallest absolute Gasteiger partial charge is 0.157 e. The number of fused-ring (bicyclic) bond motifs is 1. The summed E-state index contributed by atoms with van der Waals surface area (Å²) >= 11 is 0. The molecule has 0 fully saturated rings. The molecule has 0 amide bonds. The van der Waals surface area contributed by atoms with Gasteiger partial charge in [-0.2, -0.15) is 5.10 Å². The van der Waals surface area contributed by atoms with E-state index in [1.165, 1.54) is 6.20 Å². The van der Waals surface area contributed by atoms with Crippen LogP contribution in [0.2, 0.25) is 0 Å². The Kier molecular flexibility index (Phi) is 1.09. The van der Waals surface area contributed by atoms with Gasteiger partial charge in [-0.15, -0.1) is 0 Å². The molecule has 2 rings (SSSR count). The zero-order valence-electron chi connectivity index (χ0n) is 6.02. The summed E-state index contributed by atoms with van der Waals surface area (Å²) in [6.07, 6.45) is 3.08. The molecule has 0 saturated carbocycles. The highest BCUT2D eigenvalue weighted by atomic mass is 16.3. The van der Waals surface area contributed by atoms with Gasteiger partial charge in [-0.1, -0.05) is 0 Å². The molecule has 0 aliphatic rings. The zero-order valence-corrected chi connectivity index (χ0v) is 6.02. The summed E-state index contributed by atoms with van der Waals surface area (Å²) in [6, 6.07) is 1.63. The molecule has 0 aromatic carbocycles. The molecule has 56 valence electrons. The topological polar surface area (TPSA) is 50.9 Å². The molecule has 0 spiro atoms. The third-order valence-corrected chi connectivity index (χ3v) is 1.56. The normalized spacial score (nSPS) is 10.6. The number of hydrogen-bond donors (Lipinski definition) is 1. The van der Waals surface area contributed by atoms with Crippen LogP contribution in [0, 0.1) is 0 Å². The van der Waals surface area contributed by atoms with Crippen molar-refractivity contribution in [3.63, 3.8) is 0 Å². The Morgan fingerprint density at radius 1 is 1.45 bits per heavy atom. The average Bonchev–Trinajstić information content (AvgIpc) is 2.32. The van der Waals surface area contributed by atoms with Crippen molar-refractivity contribution in [3.05, 3.63) is 18.5 Å². The van der Waals surface area contributed by atoms with Crippen LogP contribution in [0.4, 0.5) is 0 Å². The van der Waals surface area contributed by atoms with Gasteiger partial charge in [0.05, 0.1) is 12.4 Å². The van der Waals surface area contributed by atoms with Gasteiger partial charge in [0.15, 0.2) is 5.65 Å². The Balaban J connectivity index is 2.86. The molecule has 0 atom stereocenters. The number of nitrogens with zero attached hydrogens (tertiary/aromatic N) is 3. The van der Waals surface area contributed by atoms with E-state index < -0.39 is 0 Å². The van der Waals surface area contributed by atoms with E-state index in [9.17, 15) is 0 Å². The Labute approximate surface area is 63.1 Å². The van der Waals surface area contributed by atoms with E-state index in [2.05, 4.69) is 10.1 Å². The second-order valence-electron chi connectivity index (χ2n) is 2.37. The Hall–Kier alpha value is -1.58. The fourth-order valence-corrected chi connectivity index (χ4v) is 1.03. The molecule has 0 aliphatic carbocycles. The first-order chi connectivity index (χ1) is 5.27. The quantitative estimate of drug-likeness (QED) is 0.599. The minimum Gasteiger partial charge on any atom is -0.506 e. The highest BCUT2D eigenvalue weighted by Gasteiger charge is 1.99. The predicted molar refractivity (Wildman–Crippen MR) is 40.2 cm³/mol. The van der Waals surface area contributed by atoms with Crippen LogP contribution in [0.5, 0.6) is 5.75 Å². The summed E-state index contributed by atoms with van der Waals surface area (Å²) in [5.41, 5.74) is 0.780. The number of aryl methyl sites for hydroxylation is 1. The van der Waals surface area contributed by atoms with Crippen LogP contribution in [0.25, 0.3) is 11.0 Å². The van der Waals surface area contributed by atoms with Gasteiger partial charge < -0.3 is 5.11 Å². The number of pyridine rings is 1. The third-order valence-electron chi connectivity index (χ3n) is 1.56. The third kappa shape index (κ3) is 0.832. The summed E-state index contributed by atoms with van der Waals surface area (Å²) in [7, 11) is 1.81. The molecule has 4 heteroatoms. The minimum absolute atomic E-state index is 0.172. The van der Waals surface area contributed by atoms with Crippen molar-refractivity contribution in [1.82, 2.24) is 14.8 Å². The largest absolute Gasteiger partial charge is 0.506 e. The summed E-state index contributed by atoms with van der Waals surface area (Å²) in [6.45, 7) is 0. The van der Waals surface area contributed by atoms with Crippen LogP contribution in [-0.2, 0) is 7.05 Å². The highest BCUT2D eigenvalue weighted by Crippen LogP contribution is 2.14. The van der Waals surface area contributed by atoms with Crippen molar-refractivity contribution in [2.24, 2.45) is 7.05 Å². The number of rotatable bonds is 0. The van der Waals surface area contributed by atoms with Crippen molar-refractivity contribution in [1.29, 1.82) is 0 Å². The first-order valence-corrected chi connectivity index (χ1v) is 3.24. The van der Waals surface area contributed by atoms with Gasteiger partial charge in [0.1, 0.15) is 5.75 Å². The summed E-state index contributed by atoms with van der Waals surface area (Å²) in [4.78, 5) is 3.99. The monoisotopic (exact) mass is 149 g/mol. The molecule has 2 aromatic heterocycles. The van der Waals surface area contributed by atoms with E-state index in [4.69, 9.17) is 5.11 Å². The van der Waals surface area contributed by atoms with Crippen LogP contribution >= 0.6 is 0 Å². The van der Waals surface area contributed by atoms with Gasteiger partial charge in [-0.3, -0.25) is 4.68 Å². The van der Waals surface area contributed by atoms with E-state index >= 15 is 0 Å². The Morgan fingerprint density at radius 2 is 2.27 bits per heavy atom. The van der Waals surface area contributed by atoms with Crippen LogP contribution in [0.3, 0.4) is 0 Å². The molecule has 1 N–H and O–H groups in total. The lowest BCUT2D eigenvalue weighted by molar-refractivity contribution is 0.474. The van der Waals surface area contributed by atoms with Crippen LogP contribution in [0.15, 0.2) is 18.5 Å². The molecule has 11 heavy (non-hydrogen) atoms. The molecule has 2 aromatic rings. The number of hydrogen-bond acceptors (Lipinski definition) is 3. The second kappa shape index (κ2) is 1.95. The maximum Gasteiger partial charge on any atom is 0.157 e. The van der Waals surface area contributed by atoms with Crippen molar-refractivity contribution >= 4 is 11.0 Å². The fraction of sp³-hybridized carbons (Fsp3) is 0.143. The van der Waals surface area contributed by atoms with Crippen molar-refractivity contribution in [2.45, 2.75) is 0 Å². The lowest BCUT2D eigenvalue weighted by Gasteiger charge is -1.92. The van der Waals surface area contributed by atoms with E-state index in [-0.39, 0.29) is 5.75 Å². The van der Waals surface area contributed by atoms with Crippen LogP contribution in [-0.4, -0.2) is 19.9 Å². The first-order valence-electron chi connectivity index (χ1n) is 3.24. The molecule has 0 unspecified atom stereocenters. The Bertz CT molecular complexity index is 393. The molecule has 0 bridgehead atoms. The summed E-state index contributed by atoms with van der Waals surface area (Å²) < 4.78 is 1.66. The summed E-state index contributed by atoms with van der Waals surface area (Å²) in [5.74, 6) is 0.172. The lowest BCUT2D eigenvalue weighted by atomic mass is 10.3. The SMILES string of the molecule is Cn1ncc2cc(O)cnc21. The fourth-order valence-electron chi connectivity index (χ4n) is 1.03. The van der Waals surface area contributed by atoms with Gasteiger partial charge in [0.25, 0.3) is 0 Å². The van der Waals surface area contributed by atoms with E-state index in [0.717, 1.165) is 11.0 Å². The van der Waals surface area contributed by atoms with Gasteiger partial charge in [-0.05, 0) is 6.07 Å². The molecular formula is C7H7N3O. The van der Waals surface area contributed by atoms with E-state index in [1.807, 2.05) is 7.05 Å². The predicted octanol–water partition coefficient (Wildman–Crippen LogP) is 0.674. The van der Waals surface area contributed by atoms with Crippen molar-refractivity contribution in [2.75, 3.05) is 0 Å². The van der Waals surface area contributed by atoms with E-state index in [1.54, 1.807) is 16.9 Å². The second-order valence-corrected chi connectivity index (χ2v) is 2.37. The lowest BCUT2D eigenvalue weighted by Crippen LogP contribution is -1.90. The molecule has 0 radical (unpaired) electrons. The van der Waals surface area contributed by atoms with Crippen molar-refractivity contribution in [3.8, 4) is 5.75 Å². The first kappa shape index (κ1) is 6.15. The average molecular weight is 149 g/mol. The Morgan fingerprint density at radius 3 is 3.09 bits per heavy atom. The zero-order chi connectivity index (χ0) is 7.84. The summed E-state index contributed by atoms with van der Waals surface area (Å²) in [5, 5.41) is 13.9.